The maximum atomic E-state index is 13.3. The van der Waals surface area contributed by atoms with E-state index in [2.05, 4.69) is 22.0 Å². The number of imidazole rings is 1. The summed E-state index contributed by atoms with van der Waals surface area (Å²) in [4.78, 5) is 18.7. The molecule has 3 N–H and O–H groups in total. The number of nitrogens with zero attached hydrogens (tertiary/aromatic N) is 3. The lowest BCUT2D eigenvalue weighted by atomic mass is 9.99. The molecule has 6 nitrogen and oxygen atoms in total. The molecule has 0 bridgehead atoms. The molecule has 32 heavy (non-hydrogen) atoms. The number of primary amides is 1. The Kier molecular flexibility index (Phi) is 5.20. The van der Waals surface area contributed by atoms with Gasteiger partial charge < -0.3 is 15.2 Å². The number of hydrogen-bond acceptors (Lipinski definition) is 4. The molecule has 7 heteroatoms. The monoisotopic (exact) mass is 430 g/mol. The number of fused-ring (bicyclic) bond motifs is 2. The van der Waals surface area contributed by atoms with Crippen LogP contribution < -0.4 is 5.73 Å². The van der Waals surface area contributed by atoms with Crippen LogP contribution in [0.25, 0.3) is 16.8 Å². The number of carbonyl (C=O) groups excluding carboxylic acids is 1. The molecule has 0 fully saturated rings. The number of carbonyl (C=O) groups is 1. The Balaban J connectivity index is 1.46. The summed E-state index contributed by atoms with van der Waals surface area (Å²) in [6.07, 6.45) is 1.74. The van der Waals surface area contributed by atoms with Crippen LogP contribution in [0.5, 0.6) is 0 Å². The largest absolute Gasteiger partial charge is 0.385 e. The van der Waals surface area contributed by atoms with Crippen LogP contribution in [0, 0.1) is 5.82 Å². The van der Waals surface area contributed by atoms with Gasteiger partial charge in [0.2, 0.25) is 0 Å². The van der Waals surface area contributed by atoms with Crippen molar-refractivity contribution < 1.29 is 14.3 Å². The van der Waals surface area contributed by atoms with Gasteiger partial charge in [-0.1, -0.05) is 36.4 Å². The second-order valence-electron chi connectivity index (χ2n) is 8.13. The molecule has 5 rings (SSSR count). The SMILES string of the molecule is NC(=O)c1nc2cc(-c3ccc(F)cc3)ccn2c1C(O)CN1CCc2ccccc2C1. The molecule has 0 aliphatic carbocycles. The Morgan fingerprint density at radius 2 is 1.84 bits per heavy atom. The van der Waals surface area contributed by atoms with E-state index in [4.69, 9.17) is 5.73 Å². The van der Waals surface area contributed by atoms with E-state index < -0.39 is 12.0 Å². The predicted molar refractivity (Wildman–Crippen MR) is 119 cm³/mol. The average Bonchev–Trinajstić information content (AvgIpc) is 3.19. The maximum absolute atomic E-state index is 13.3. The number of pyridine rings is 1. The van der Waals surface area contributed by atoms with E-state index in [1.54, 1.807) is 28.8 Å². The minimum Gasteiger partial charge on any atom is -0.385 e. The Hall–Kier alpha value is -3.55. The van der Waals surface area contributed by atoms with Gasteiger partial charge in [-0.2, -0.15) is 0 Å². The molecule has 1 aliphatic rings. The first kappa shape index (κ1) is 20.4. The number of hydrogen-bond donors (Lipinski definition) is 2. The van der Waals surface area contributed by atoms with E-state index in [-0.39, 0.29) is 11.5 Å². The summed E-state index contributed by atoms with van der Waals surface area (Å²) in [7, 11) is 0. The minimum atomic E-state index is -0.936. The van der Waals surface area contributed by atoms with Gasteiger partial charge in [-0.25, -0.2) is 9.37 Å². The number of aromatic nitrogens is 2. The molecule has 2 aromatic heterocycles. The smallest absolute Gasteiger partial charge is 0.269 e. The van der Waals surface area contributed by atoms with E-state index in [1.807, 2.05) is 18.2 Å². The van der Waals surface area contributed by atoms with Gasteiger partial charge in [0.05, 0.1) is 5.69 Å². The van der Waals surface area contributed by atoms with Gasteiger partial charge in [-0.05, 0) is 52.9 Å². The van der Waals surface area contributed by atoms with Gasteiger partial charge >= 0.3 is 0 Å². The first-order valence-corrected chi connectivity index (χ1v) is 10.5. The summed E-state index contributed by atoms with van der Waals surface area (Å²) >= 11 is 0. The third kappa shape index (κ3) is 3.77. The van der Waals surface area contributed by atoms with Crippen LogP contribution in [0.3, 0.4) is 0 Å². The highest BCUT2D eigenvalue weighted by molar-refractivity contribution is 5.93. The number of aliphatic hydroxyl groups is 1. The van der Waals surface area contributed by atoms with Gasteiger partial charge in [-0.15, -0.1) is 0 Å². The molecule has 3 heterocycles. The molecule has 1 unspecified atom stereocenters. The number of halogens is 1. The summed E-state index contributed by atoms with van der Waals surface area (Å²) in [5, 5.41) is 11.1. The van der Waals surface area contributed by atoms with Crippen molar-refractivity contribution in [2.45, 2.75) is 19.1 Å². The zero-order valence-electron chi connectivity index (χ0n) is 17.4. The Labute approximate surface area is 184 Å². The standard InChI is InChI=1S/C25H23FN4O2/c26-20-7-5-17(6-8-20)18-10-12-30-22(13-18)28-23(25(27)32)24(30)21(31)15-29-11-9-16-3-1-2-4-19(16)14-29/h1-8,10,12-13,21,31H,9,11,14-15H2,(H2,27,32). The topological polar surface area (TPSA) is 83.9 Å². The molecule has 162 valence electrons. The summed E-state index contributed by atoms with van der Waals surface area (Å²) in [5.74, 6) is -0.993. The Bertz CT molecular complexity index is 1300. The number of rotatable bonds is 5. The van der Waals surface area contributed by atoms with Crippen molar-refractivity contribution in [2.75, 3.05) is 13.1 Å². The molecular formula is C25H23FN4O2. The molecule has 1 aliphatic heterocycles. The average molecular weight is 430 g/mol. The van der Waals surface area contributed by atoms with Crippen LogP contribution in [-0.4, -0.2) is 38.4 Å². The molecule has 2 aromatic carbocycles. The van der Waals surface area contributed by atoms with E-state index in [9.17, 15) is 14.3 Å². The number of aliphatic hydroxyl groups excluding tert-OH is 1. The molecule has 4 aromatic rings. The van der Waals surface area contributed by atoms with Gasteiger partial charge in [0.15, 0.2) is 5.69 Å². The molecule has 0 saturated carbocycles. The predicted octanol–water partition coefficient (Wildman–Crippen LogP) is 3.33. The van der Waals surface area contributed by atoms with Crippen LogP contribution >= 0.6 is 0 Å². The van der Waals surface area contributed by atoms with Gasteiger partial charge in [-0.3, -0.25) is 9.69 Å². The number of benzene rings is 2. The van der Waals surface area contributed by atoms with Gasteiger partial charge in [0, 0.05) is 25.8 Å². The Morgan fingerprint density at radius 1 is 1.09 bits per heavy atom. The number of nitrogens with two attached hydrogens (primary N) is 1. The molecule has 1 atom stereocenters. The van der Waals surface area contributed by atoms with Crippen molar-refractivity contribution in [3.8, 4) is 11.1 Å². The van der Waals surface area contributed by atoms with E-state index >= 15 is 0 Å². The molecule has 0 saturated heterocycles. The van der Waals surface area contributed by atoms with Gasteiger partial charge in [0.1, 0.15) is 17.6 Å². The highest BCUT2D eigenvalue weighted by Crippen LogP contribution is 2.27. The van der Waals surface area contributed by atoms with E-state index in [0.717, 1.165) is 30.6 Å². The first-order valence-electron chi connectivity index (χ1n) is 10.5. The van der Waals surface area contributed by atoms with Gasteiger partial charge in [0.25, 0.3) is 5.91 Å². The van der Waals surface area contributed by atoms with Crippen molar-refractivity contribution in [3.05, 3.63) is 95.2 Å². The van der Waals surface area contributed by atoms with E-state index in [0.29, 0.717) is 17.9 Å². The van der Waals surface area contributed by atoms with Crippen LogP contribution in [0.2, 0.25) is 0 Å². The fourth-order valence-corrected chi connectivity index (χ4v) is 4.43. The summed E-state index contributed by atoms with van der Waals surface area (Å²) < 4.78 is 15.0. The van der Waals surface area contributed by atoms with Crippen LogP contribution in [0.1, 0.15) is 33.4 Å². The third-order valence-corrected chi connectivity index (χ3v) is 6.03. The second-order valence-corrected chi connectivity index (χ2v) is 8.13. The van der Waals surface area contributed by atoms with Crippen LogP contribution in [-0.2, 0) is 13.0 Å². The number of β-amino-alcohol motifs (C(OH)–C–C–N with tert-alkyl or cyclic N) is 1. The molecule has 0 radical (unpaired) electrons. The lowest BCUT2D eigenvalue weighted by Gasteiger charge is -2.30. The van der Waals surface area contributed by atoms with Crippen molar-refractivity contribution in [3.63, 3.8) is 0 Å². The maximum Gasteiger partial charge on any atom is 0.269 e. The lowest BCUT2D eigenvalue weighted by Crippen LogP contribution is -2.34. The number of amides is 1. The van der Waals surface area contributed by atoms with Crippen LogP contribution in [0.15, 0.2) is 66.9 Å². The summed E-state index contributed by atoms with van der Waals surface area (Å²) in [5.41, 5.74) is 10.8. The quantitative estimate of drug-likeness (QED) is 0.509. The minimum absolute atomic E-state index is 0.0613. The van der Waals surface area contributed by atoms with Crippen molar-refractivity contribution in [1.29, 1.82) is 0 Å². The zero-order valence-corrected chi connectivity index (χ0v) is 17.4. The second kappa shape index (κ2) is 8.18. The van der Waals surface area contributed by atoms with Crippen molar-refractivity contribution in [2.24, 2.45) is 5.73 Å². The zero-order chi connectivity index (χ0) is 22.2. The molecular weight excluding hydrogens is 407 g/mol. The van der Waals surface area contributed by atoms with E-state index in [1.165, 1.54) is 23.3 Å². The fourth-order valence-electron chi connectivity index (χ4n) is 4.43. The summed E-state index contributed by atoms with van der Waals surface area (Å²) in [6, 6.07) is 18.1. The van der Waals surface area contributed by atoms with Crippen molar-refractivity contribution in [1.82, 2.24) is 14.3 Å². The molecule has 0 spiro atoms. The van der Waals surface area contributed by atoms with Crippen molar-refractivity contribution >= 4 is 11.6 Å². The summed E-state index contributed by atoms with van der Waals surface area (Å²) in [6.45, 7) is 1.93. The fraction of sp³-hybridized carbons (Fsp3) is 0.200. The lowest BCUT2D eigenvalue weighted by molar-refractivity contribution is 0.0935. The van der Waals surface area contributed by atoms with Crippen LogP contribution in [0.4, 0.5) is 4.39 Å². The highest BCUT2D eigenvalue weighted by Gasteiger charge is 2.26. The highest BCUT2D eigenvalue weighted by atomic mass is 19.1. The normalized spacial score (nSPS) is 14.9. The Morgan fingerprint density at radius 3 is 2.59 bits per heavy atom. The molecule has 1 amide bonds. The first-order chi connectivity index (χ1) is 15.5. The third-order valence-electron chi connectivity index (χ3n) is 6.03.